The van der Waals surface area contributed by atoms with Crippen LogP contribution in [0.4, 0.5) is 10.1 Å². The Labute approximate surface area is 384 Å². The van der Waals surface area contributed by atoms with E-state index in [-0.39, 0.29) is 60.1 Å². The van der Waals surface area contributed by atoms with Crippen LogP contribution < -0.4 is 16.4 Å². The maximum absolute atomic E-state index is 15.1. The summed E-state index contributed by atoms with van der Waals surface area (Å²) in [7, 11) is 1.96. The molecule has 4 amide bonds. The van der Waals surface area contributed by atoms with E-state index in [2.05, 4.69) is 48.2 Å². The molecule has 1 aromatic heterocycles. The second-order valence-electron chi connectivity index (χ2n) is 18.8. The lowest BCUT2D eigenvalue weighted by molar-refractivity contribution is -0.139. The molecule has 2 aromatic rings. The zero-order valence-electron chi connectivity index (χ0n) is 39.7. The van der Waals surface area contributed by atoms with E-state index in [0.29, 0.717) is 36.6 Å². The largest absolute Gasteiger partial charge is 0.371 e. The molecule has 14 nitrogen and oxygen atoms in total. The van der Waals surface area contributed by atoms with Gasteiger partial charge in [0.1, 0.15) is 28.7 Å². The number of aromatic nitrogens is 1. The normalized spacial score (nSPS) is 20.4. The average Bonchev–Trinajstić information content (AvgIpc) is 3.81. The lowest BCUT2D eigenvalue weighted by Gasteiger charge is -2.39. The van der Waals surface area contributed by atoms with E-state index in [9.17, 15) is 24.3 Å². The van der Waals surface area contributed by atoms with Gasteiger partial charge in [-0.25, -0.2) is 14.4 Å². The minimum atomic E-state index is -0.894. The quantitative estimate of drug-likeness (QED) is 0.0423. The van der Waals surface area contributed by atoms with Crippen LogP contribution in [0.15, 0.2) is 28.6 Å². The number of hydrogen-bond acceptors (Lipinski definition) is 11. The Balaban J connectivity index is 1.59. The number of likely N-dealkylation sites (N-methyl/N-ethyl adjacent to an activating group) is 1. The van der Waals surface area contributed by atoms with Crippen molar-refractivity contribution in [3.63, 3.8) is 0 Å². The highest BCUT2D eigenvalue weighted by molar-refractivity contribution is 7.09. The molecular weight excluding hydrogens is 838 g/mol. The van der Waals surface area contributed by atoms with Gasteiger partial charge in [0.25, 0.3) is 11.8 Å². The molecule has 2 fully saturated rings. The van der Waals surface area contributed by atoms with Crippen LogP contribution >= 0.6 is 11.3 Å². The summed E-state index contributed by atoms with van der Waals surface area (Å²) in [5, 5.41) is 18.0. The number of nitrogens with two attached hydrogens (primary N) is 1. The monoisotopic (exact) mass is 914 g/mol. The van der Waals surface area contributed by atoms with Crippen molar-refractivity contribution in [2.24, 2.45) is 33.9 Å². The van der Waals surface area contributed by atoms with Crippen LogP contribution in [-0.4, -0.2) is 114 Å². The first-order valence-corrected chi connectivity index (χ1v) is 24.4. The summed E-state index contributed by atoms with van der Waals surface area (Å²) in [6, 6.07) is 3.46. The molecule has 0 saturated carbocycles. The summed E-state index contributed by atoms with van der Waals surface area (Å²) >= 11 is 1.32. The average molecular weight is 914 g/mol. The van der Waals surface area contributed by atoms with Crippen molar-refractivity contribution in [1.82, 2.24) is 20.1 Å². The smallest absolute Gasteiger partial charge is 0.270 e. The van der Waals surface area contributed by atoms with Crippen molar-refractivity contribution in [1.29, 1.82) is 0 Å². The number of aliphatic imine (C=N–C) groups is 1. The number of thiazole rings is 1. The fraction of sp³-hybridized carbons (Fsp3) is 0.708. The molecule has 0 bridgehead atoms. The zero-order chi connectivity index (χ0) is 47.1. The molecule has 2 aliphatic rings. The lowest BCUT2D eigenvalue weighted by Crippen LogP contribution is -2.49. The van der Waals surface area contributed by atoms with Crippen LogP contribution in [-0.2, 0) is 30.3 Å². The number of hydrogen-bond donors (Lipinski definition) is 4. The highest BCUT2D eigenvalue weighted by Gasteiger charge is 2.49. The van der Waals surface area contributed by atoms with E-state index >= 15 is 4.39 Å². The number of rotatable bonds is 26. The number of amides is 4. The predicted molar refractivity (Wildman–Crippen MR) is 251 cm³/mol. The van der Waals surface area contributed by atoms with Crippen LogP contribution in [0, 0.1) is 29.0 Å². The Morgan fingerprint density at radius 3 is 2.50 bits per heavy atom. The minimum Gasteiger partial charge on any atom is -0.371 e. The van der Waals surface area contributed by atoms with Gasteiger partial charge in [-0.2, -0.15) is 0 Å². The summed E-state index contributed by atoms with van der Waals surface area (Å²) < 4.78 is 26.9. The number of halogens is 1. The molecule has 0 spiro atoms. The third-order valence-electron chi connectivity index (χ3n) is 12.8. The summed E-state index contributed by atoms with van der Waals surface area (Å²) in [5.41, 5.74) is 5.66. The maximum Gasteiger partial charge on any atom is 0.270 e. The van der Waals surface area contributed by atoms with Crippen LogP contribution in [0.1, 0.15) is 147 Å². The highest BCUT2D eigenvalue weighted by Crippen LogP contribution is 2.41. The molecule has 1 aromatic carbocycles. The van der Waals surface area contributed by atoms with Gasteiger partial charge in [0.15, 0.2) is 6.29 Å². The van der Waals surface area contributed by atoms with Crippen LogP contribution in [0.5, 0.6) is 0 Å². The number of carbonyl (C=O) groups is 4. The van der Waals surface area contributed by atoms with Gasteiger partial charge in [-0.05, 0) is 87.6 Å². The molecule has 16 heteroatoms. The highest BCUT2D eigenvalue weighted by atomic mass is 32.1. The first kappa shape index (κ1) is 52.9. The molecule has 3 heterocycles. The van der Waals surface area contributed by atoms with E-state index < -0.39 is 53.5 Å². The maximum atomic E-state index is 15.1. The molecule has 64 heavy (non-hydrogen) atoms. The number of ether oxygens (including phenoxy) is 2. The van der Waals surface area contributed by atoms with Gasteiger partial charge >= 0.3 is 0 Å². The second-order valence-corrected chi connectivity index (χ2v) is 19.6. The van der Waals surface area contributed by atoms with Crippen molar-refractivity contribution in [3.8, 4) is 0 Å². The standard InChI is InChI=1S/C48H76FN7O7S/c1-10-13-14-16-22-56(46(60)34(31(6)11-2)28-51-44(59)38-18-15-17-21-55(38)9)39(30(4)5)25-40(62-12-3)45-54-37(29-64-45)43(58)52-33(26-48(7,8)42-47(61)63-42)23-32-19-20-36(35(49)24-32)53-41(57)27-50/h19-20,24,28-31,33-34,38-40,42,47,61H,10-18,21-23,25-27,50H2,1-9H3,(H,52,58)(H,53,57)/t31-,33-,34?,38+,39+,40+,42?,47?/m0/s1. The fourth-order valence-electron chi connectivity index (χ4n) is 8.77. The van der Waals surface area contributed by atoms with Crippen LogP contribution in [0.25, 0.3) is 0 Å². The van der Waals surface area contributed by atoms with E-state index in [1.54, 1.807) is 17.7 Å². The van der Waals surface area contributed by atoms with E-state index in [0.717, 1.165) is 57.9 Å². The van der Waals surface area contributed by atoms with Gasteiger partial charge in [0.05, 0.1) is 24.2 Å². The SMILES string of the molecule is CCCCCCN(C(=O)C(C=NC(=O)[C@H]1CCCCN1C)[C@@H](C)CC)[C@H](C[C@@H](OCC)c1nc(C(=O)N[C@@H](Cc2ccc(NC(=O)CN)c(F)c2)CC(C)(C)C2OC2O)cs1)C(C)C. The van der Waals surface area contributed by atoms with Gasteiger partial charge in [-0.3, -0.25) is 24.1 Å². The molecule has 2 aliphatic heterocycles. The van der Waals surface area contributed by atoms with Crippen molar-refractivity contribution < 1.29 is 38.1 Å². The van der Waals surface area contributed by atoms with E-state index in [1.807, 2.05) is 39.6 Å². The molecule has 5 N–H and O–H groups in total. The topological polar surface area (TPSA) is 192 Å². The number of epoxide rings is 1. The van der Waals surface area contributed by atoms with E-state index in [4.69, 9.17) is 20.2 Å². The number of anilines is 1. The Morgan fingerprint density at radius 2 is 1.89 bits per heavy atom. The Hall–Kier alpha value is -3.67. The number of aliphatic hydroxyl groups excluding tert-OH is 1. The molecular formula is C48H76FN7O7S. The number of nitrogens with one attached hydrogen (secondary N) is 2. The number of piperidine rings is 1. The van der Waals surface area contributed by atoms with Crippen molar-refractivity contribution in [3.05, 3.63) is 45.7 Å². The van der Waals surface area contributed by atoms with Crippen LogP contribution in [0.3, 0.4) is 0 Å². The van der Waals surface area contributed by atoms with Gasteiger partial charge in [0.2, 0.25) is 11.8 Å². The van der Waals surface area contributed by atoms with Gasteiger partial charge in [-0.1, -0.05) is 86.6 Å². The van der Waals surface area contributed by atoms with Gasteiger partial charge in [0, 0.05) is 43.3 Å². The lowest BCUT2D eigenvalue weighted by atomic mass is 9.80. The summed E-state index contributed by atoms with van der Waals surface area (Å²) in [5.74, 6) is -2.37. The number of carbonyl (C=O) groups excluding carboxylic acids is 4. The van der Waals surface area contributed by atoms with Crippen molar-refractivity contribution in [2.75, 3.05) is 38.6 Å². The van der Waals surface area contributed by atoms with E-state index in [1.165, 1.54) is 23.5 Å². The Kier molecular flexibility index (Phi) is 20.9. The Morgan fingerprint density at radius 1 is 1.16 bits per heavy atom. The second kappa shape index (κ2) is 25.3. The summed E-state index contributed by atoms with van der Waals surface area (Å²) in [6.07, 6.45) is 8.39. The fourth-order valence-corrected chi connectivity index (χ4v) is 9.63. The third-order valence-corrected chi connectivity index (χ3v) is 13.8. The molecule has 2 saturated heterocycles. The summed E-state index contributed by atoms with van der Waals surface area (Å²) in [6.45, 7) is 17.8. The summed E-state index contributed by atoms with van der Waals surface area (Å²) in [4.78, 5) is 67.5. The Bertz CT molecular complexity index is 1860. The first-order chi connectivity index (χ1) is 30.4. The predicted octanol–water partition coefficient (Wildman–Crippen LogP) is 7.30. The number of aliphatic hydroxyl groups is 1. The van der Waals surface area contributed by atoms with Crippen LogP contribution in [0.2, 0.25) is 0 Å². The molecule has 3 unspecified atom stereocenters. The molecule has 8 atom stereocenters. The molecule has 4 rings (SSSR count). The number of unbranched alkanes of at least 4 members (excludes halogenated alkanes) is 3. The van der Waals surface area contributed by atoms with Crippen molar-refractivity contribution >= 4 is 46.9 Å². The number of benzene rings is 1. The molecule has 358 valence electrons. The van der Waals surface area contributed by atoms with Gasteiger partial charge < -0.3 is 35.8 Å². The molecule has 0 radical (unpaired) electrons. The first-order valence-electron chi connectivity index (χ1n) is 23.5. The van der Waals surface area contributed by atoms with Gasteiger partial charge in [-0.15, -0.1) is 11.3 Å². The zero-order valence-corrected chi connectivity index (χ0v) is 40.6. The minimum absolute atomic E-state index is 0.0101. The molecule has 0 aliphatic carbocycles. The number of likely N-dealkylation sites (tertiary alicyclic amines) is 1. The third kappa shape index (κ3) is 15.2. The van der Waals surface area contributed by atoms with Crippen molar-refractivity contribution in [2.45, 2.75) is 163 Å². The number of nitrogens with zero attached hydrogens (tertiary/aromatic N) is 4.